The number of nitrogens with zero attached hydrogens (tertiary/aromatic N) is 5. The third-order valence-corrected chi connectivity index (χ3v) is 4.91. The molecule has 1 saturated heterocycles. The molecule has 3 aromatic heterocycles. The Hall–Kier alpha value is -2.27. The van der Waals surface area contributed by atoms with E-state index in [1.807, 2.05) is 13.8 Å². The Morgan fingerprint density at radius 1 is 1.28 bits per heavy atom. The summed E-state index contributed by atoms with van der Waals surface area (Å²) in [6.07, 6.45) is -2.99. The number of fused-ring (bicyclic) bond motifs is 2. The van der Waals surface area contributed by atoms with Crippen molar-refractivity contribution in [3.05, 3.63) is 28.1 Å². The molecule has 134 valence electrons. The second-order valence-corrected chi connectivity index (χ2v) is 6.34. The van der Waals surface area contributed by atoms with Gasteiger partial charge in [-0.25, -0.2) is 14.4 Å². The zero-order chi connectivity index (χ0) is 18.0. The van der Waals surface area contributed by atoms with Gasteiger partial charge in [0.25, 0.3) is 5.56 Å². The van der Waals surface area contributed by atoms with Crippen LogP contribution in [0.2, 0.25) is 0 Å². The summed E-state index contributed by atoms with van der Waals surface area (Å²) in [4.78, 5) is 21.4. The van der Waals surface area contributed by atoms with Crippen LogP contribution in [0.1, 0.15) is 17.6 Å². The highest BCUT2D eigenvalue weighted by molar-refractivity contribution is 5.73. The van der Waals surface area contributed by atoms with Crippen LogP contribution in [-0.4, -0.2) is 63.7 Å². The largest absolute Gasteiger partial charge is 0.394 e. The highest BCUT2D eigenvalue weighted by atomic mass is 16.6. The van der Waals surface area contributed by atoms with Gasteiger partial charge >= 0.3 is 0 Å². The molecule has 25 heavy (non-hydrogen) atoms. The van der Waals surface area contributed by atoms with Crippen molar-refractivity contribution in [2.45, 2.75) is 38.4 Å². The normalized spacial score (nSPS) is 27.0. The molecule has 0 radical (unpaired) electrons. The molecule has 10 heteroatoms. The quantitative estimate of drug-likeness (QED) is 0.520. The van der Waals surface area contributed by atoms with Gasteiger partial charge in [-0.1, -0.05) is 0 Å². The SMILES string of the molecule is Cc1nc2n(C)c3c(ncn3C3OC(CO)C(O)C3O)c(=O)n2c1C. The molecule has 0 bridgehead atoms. The van der Waals surface area contributed by atoms with Crippen LogP contribution in [-0.2, 0) is 11.8 Å². The Bertz CT molecular complexity index is 1030. The number of aromatic nitrogens is 5. The number of rotatable bonds is 2. The number of hydrogen-bond donors (Lipinski definition) is 3. The molecule has 0 aliphatic carbocycles. The smallest absolute Gasteiger partial charge is 0.287 e. The molecule has 0 aromatic carbocycles. The Labute approximate surface area is 141 Å². The van der Waals surface area contributed by atoms with Gasteiger partial charge in [0.1, 0.15) is 18.3 Å². The Morgan fingerprint density at radius 2 is 2.00 bits per heavy atom. The van der Waals surface area contributed by atoms with Gasteiger partial charge in [-0.15, -0.1) is 0 Å². The number of aliphatic hydroxyl groups excluding tert-OH is 3. The molecule has 1 aliphatic heterocycles. The number of imidazole rings is 2. The molecule has 0 saturated carbocycles. The van der Waals surface area contributed by atoms with Crippen molar-refractivity contribution in [3.63, 3.8) is 0 Å². The molecule has 4 unspecified atom stereocenters. The van der Waals surface area contributed by atoms with Gasteiger partial charge in [0, 0.05) is 12.7 Å². The fraction of sp³-hybridized carbons (Fsp3) is 0.533. The van der Waals surface area contributed by atoms with Crippen LogP contribution in [0.5, 0.6) is 0 Å². The van der Waals surface area contributed by atoms with Gasteiger partial charge in [-0.2, -0.15) is 0 Å². The fourth-order valence-electron chi connectivity index (χ4n) is 3.40. The van der Waals surface area contributed by atoms with E-state index in [0.717, 1.165) is 11.4 Å². The lowest BCUT2D eigenvalue weighted by atomic mass is 10.1. The maximum Gasteiger partial charge on any atom is 0.287 e. The lowest BCUT2D eigenvalue weighted by molar-refractivity contribution is -0.0512. The maximum atomic E-state index is 12.8. The van der Waals surface area contributed by atoms with E-state index >= 15 is 0 Å². The van der Waals surface area contributed by atoms with Gasteiger partial charge < -0.3 is 20.1 Å². The molecular formula is C15H19N5O5. The standard InChI is InChI=1S/C15H19N5O5/c1-6-7(2)20-13(24)9-12(18(3)15(20)17-6)19(5-16-9)14-11(23)10(22)8(4-21)25-14/h5,8,10-11,14,21-23H,4H2,1-3H3. The molecule has 4 heterocycles. The van der Waals surface area contributed by atoms with Crippen molar-refractivity contribution < 1.29 is 20.1 Å². The molecule has 10 nitrogen and oxygen atoms in total. The van der Waals surface area contributed by atoms with E-state index in [4.69, 9.17) is 4.74 Å². The van der Waals surface area contributed by atoms with Crippen molar-refractivity contribution in [1.82, 2.24) is 23.5 Å². The monoisotopic (exact) mass is 349 g/mol. The van der Waals surface area contributed by atoms with Crippen LogP contribution in [0, 0.1) is 13.8 Å². The summed E-state index contributed by atoms with van der Waals surface area (Å²) in [6.45, 7) is 3.20. The minimum atomic E-state index is -1.26. The van der Waals surface area contributed by atoms with Crippen LogP contribution < -0.4 is 5.56 Å². The first-order valence-electron chi connectivity index (χ1n) is 7.90. The maximum absolute atomic E-state index is 12.8. The average Bonchev–Trinajstić information content (AvgIpc) is 3.23. The van der Waals surface area contributed by atoms with Crippen molar-refractivity contribution in [3.8, 4) is 0 Å². The summed E-state index contributed by atoms with van der Waals surface area (Å²) >= 11 is 0. The second-order valence-electron chi connectivity index (χ2n) is 6.34. The average molecular weight is 349 g/mol. The van der Waals surface area contributed by atoms with Gasteiger partial charge in [0.2, 0.25) is 5.78 Å². The predicted octanol–water partition coefficient (Wildman–Crippen LogP) is -1.39. The molecule has 1 aliphatic rings. The van der Waals surface area contributed by atoms with Gasteiger partial charge in [0.15, 0.2) is 17.4 Å². The Morgan fingerprint density at radius 3 is 2.64 bits per heavy atom. The third-order valence-electron chi connectivity index (χ3n) is 4.91. The van der Waals surface area contributed by atoms with Crippen molar-refractivity contribution >= 4 is 16.9 Å². The lowest BCUT2D eigenvalue weighted by Gasteiger charge is -2.18. The number of aryl methyl sites for hydroxylation is 3. The first-order valence-corrected chi connectivity index (χ1v) is 7.90. The van der Waals surface area contributed by atoms with E-state index < -0.39 is 31.1 Å². The predicted molar refractivity (Wildman–Crippen MR) is 86.2 cm³/mol. The molecule has 4 atom stereocenters. The first-order chi connectivity index (χ1) is 11.9. The molecule has 0 spiro atoms. The van der Waals surface area contributed by atoms with E-state index in [9.17, 15) is 20.1 Å². The first kappa shape index (κ1) is 16.2. The van der Waals surface area contributed by atoms with Crippen molar-refractivity contribution in [1.29, 1.82) is 0 Å². The van der Waals surface area contributed by atoms with Crippen LogP contribution in [0.25, 0.3) is 16.9 Å². The number of hydrogen-bond acceptors (Lipinski definition) is 7. The van der Waals surface area contributed by atoms with Crippen LogP contribution >= 0.6 is 0 Å². The molecule has 0 amide bonds. The molecule has 3 N–H and O–H groups in total. The molecule has 4 rings (SSSR count). The van der Waals surface area contributed by atoms with Crippen LogP contribution in [0.4, 0.5) is 0 Å². The van der Waals surface area contributed by atoms with E-state index in [1.54, 1.807) is 11.6 Å². The van der Waals surface area contributed by atoms with E-state index in [-0.39, 0.29) is 11.1 Å². The lowest BCUT2D eigenvalue weighted by Crippen LogP contribution is -2.33. The minimum absolute atomic E-state index is 0.202. The Kier molecular flexibility index (Phi) is 3.48. The summed E-state index contributed by atoms with van der Waals surface area (Å²) in [7, 11) is 1.74. The van der Waals surface area contributed by atoms with E-state index in [2.05, 4.69) is 9.97 Å². The van der Waals surface area contributed by atoms with Gasteiger partial charge in [0.05, 0.1) is 18.6 Å². The molecule has 3 aromatic rings. The van der Waals surface area contributed by atoms with Crippen LogP contribution in [0.15, 0.2) is 11.1 Å². The van der Waals surface area contributed by atoms with E-state index in [0.29, 0.717) is 11.4 Å². The number of aliphatic hydroxyl groups is 3. The topological polar surface area (TPSA) is 127 Å². The highest BCUT2D eigenvalue weighted by Crippen LogP contribution is 2.31. The van der Waals surface area contributed by atoms with Gasteiger partial charge in [-0.05, 0) is 13.8 Å². The summed E-state index contributed by atoms with van der Waals surface area (Å²) in [5, 5.41) is 29.5. The summed E-state index contributed by atoms with van der Waals surface area (Å²) in [5.41, 5.74) is 1.78. The zero-order valence-electron chi connectivity index (χ0n) is 14.0. The van der Waals surface area contributed by atoms with Gasteiger partial charge in [-0.3, -0.25) is 13.9 Å². The highest BCUT2D eigenvalue weighted by Gasteiger charge is 2.44. The zero-order valence-corrected chi connectivity index (χ0v) is 14.0. The summed E-state index contributed by atoms with van der Waals surface area (Å²) < 4.78 is 10.2. The molecule has 1 fully saturated rings. The third kappa shape index (κ3) is 2.02. The fourth-order valence-corrected chi connectivity index (χ4v) is 3.40. The van der Waals surface area contributed by atoms with Crippen LogP contribution in [0.3, 0.4) is 0 Å². The Balaban J connectivity index is 1.99. The molecular weight excluding hydrogens is 330 g/mol. The van der Waals surface area contributed by atoms with Crippen molar-refractivity contribution in [2.75, 3.05) is 6.61 Å². The summed E-state index contributed by atoms with van der Waals surface area (Å²) in [6, 6.07) is 0. The van der Waals surface area contributed by atoms with E-state index in [1.165, 1.54) is 15.3 Å². The minimum Gasteiger partial charge on any atom is -0.394 e. The number of ether oxygens (including phenoxy) is 1. The second kappa shape index (κ2) is 5.36. The van der Waals surface area contributed by atoms with Crippen molar-refractivity contribution in [2.24, 2.45) is 7.05 Å². The summed E-state index contributed by atoms with van der Waals surface area (Å²) in [5.74, 6) is 0.445.